The van der Waals surface area contributed by atoms with Gasteiger partial charge in [0, 0.05) is 5.69 Å². The molecule has 0 radical (unpaired) electrons. The summed E-state index contributed by atoms with van der Waals surface area (Å²) in [6.45, 7) is 5.35. The number of rotatable bonds is 6. The van der Waals surface area contributed by atoms with Crippen LogP contribution in [0.5, 0.6) is 5.75 Å². The third kappa shape index (κ3) is 4.35. The number of amides is 1. The number of aryl methyl sites for hydroxylation is 2. The zero-order valence-corrected chi connectivity index (χ0v) is 16.4. The number of anilines is 2. The van der Waals surface area contributed by atoms with Gasteiger partial charge in [-0.3, -0.25) is 9.10 Å². The number of methoxy groups -OCH3 is 1. The Hall–Kier alpha value is -2.54. The van der Waals surface area contributed by atoms with Crippen molar-refractivity contribution in [3.8, 4) is 5.75 Å². The van der Waals surface area contributed by atoms with Crippen molar-refractivity contribution in [3.05, 3.63) is 53.6 Å². The SMILES string of the molecule is COc1ccc(N([C@H](C)C(=O)Nc2c(C)cccc2C)S(C)(=O)=O)cc1. The van der Waals surface area contributed by atoms with Crippen LogP contribution in [0.3, 0.4) is 0 Å². The van der Waals surface area contributed by atoms with Gasteiger partial charge in [-0.15, -0.1) is 0 Å². The Morgan fingerprint density at radius 2 is 1.62 bits per heavy atom. The Morgan fingerprint density at radius 3 is 2.08 bits per heavy atom. The third-order valence-corrected chi connectivity index (χ3v) is 5.39. The van der Waals surface area contributed by atoms with Crippen molar-refractivity contribution in [2.24, 2.45) is 0 Å². The van der Waals surface area contributed by atoms with Crippen molar-refractivity contribution < 1.29 is 17.9 Å². The van der Waals surface area contributed by atoms with Gasteiger partial charge in [0.05, 0.1) is 19.1 Å². The maximum absolute atomic E-state index is 12.8. The van der Waals surface area contributed by atoms with Gasteiger partial charge in [0.1, 0.15) is 11.8 Å². The number of hydrogen-bond donors (Lipinski definition) is 1. The van der Waals surface area contributed by atoms with E-state index < -0.39 is 22.0 Å². The second-order valence-electron chi connectivity index (χ2n) is 6.19. The van der Waals surface area contributed by atoms with Crippen LogP contribution in [0.15, 0.2) is 42.5 Å². The average Bonchev–Trinajstić information content (AvgIpc) is 2.57. The van der Waals surface area contributed by atoms with Crippen LogP contribution in [-0.2, 0) is 14.8 Å². The highest BCUT2D eigenvalue weighted by molar-refractivity contribution is 7.92. The van der Waals surface area contributed by atoms with Crippen LogP contribution in [0.25, 0.3) is 0 Å². The first-order valence-electron chi connectivity index (χ1n) is 8.15. The quantitative estimate of drug-likeness (QED) is 0.840. The van der Waals surface area contributed by atoms with Gasteiger partial charge in [-0.05, 0) is 56.2 Å². The zero-order chi connectivity index (χ0) is 19.5. The van der Waals surface area contributed by atoms with Crippen LogP contribution in [-0.4, -0.2) is 33.7 Å². The predicted octanol–water partition coefficient (Wildman–Crippen LogP) is 3.11. The molecule has 2 rings (SSSR count). The Bertz CT molecular complexity index is 872. The number of nitrogens with zero attached hydrogens (tertiary/aromatic N) is 1. The van der Waals surface area contributed by atoms with Gasteiger partial charge in [-0.25, -0.2) is 8.42 Å². The fraction of sp³-hybridized carbons (Fsp3) is 0.316. The Morgan fingerprint density at radius 1 is 1.08 bits per heavy atom. The molecule has 0 aliphatic heterocycles. The van der Waals surface area contributed by atoms with Crippen molar-refractivity contribution in [1.29, 1.82) is 0 Å². The summed E-state index contributed by atoms with van der Waals surface area (Å²) in [4.78, 5) is 12.8. The van der Waals surface area contributed by atoms with E-state index in [1.165, 1.54) is 7.11 Å². The molecule has 7 heteroatoms. The summed E-state index contributed by atoms with van der Waals surface area (Å²) in [5.74, 6) is 0.207. The van der Waals surface area contributed by atoms with E-state index in [1.54, 1.807) is 31.2 Å². The second-order valence-corrected chi connectivity index (χ2v) is 8.05. The average molecular weight is 376 g/mol. The molecule has 26 heavy (non-hydrogen) atoms. The van der Waals surface area contributed by atoms with Crippen molar-refractivity contribution >= 4 is 27.3 Å². The molecule has 1 N–H and O–H groups in total. The van der Waals surface area contributed by atoms with Crippen molar-refractivity contribution in [2.75, 3.05) is 23.0 Å². The summed E-state index contributed by atoms with van der Waals surface area (Å²) in [7, 11) is -2.13. The highest BCUT2D eigenvalue weighted by atomic mass is 32.2. The summed E-state index contributed by atoms with van der Waals surface area (Å²) < 4.78 is 30.9. The highest BCUT2D eigenvalue weighted by Gasteiger charge is 2.29. The number of nitrogens with one attached hydrogen (secondary N) is 1. The normalized spacial score (nSPS) is 12.3. The molecule has 0 unspecified atom stereocenters. The molecule has 2 aromatic carbocycles. The van der Waals surface area contributed by atoms with Crippen molar-refractivity contribution in [1.82, 2.24) is 0 Å². The van der Waals surface area contributed by atoms with Crippen LogP contribution in [0.1, 0.15) is 18.1 Å². The van der Waals surface area contributed by atoms with Gasteiger partial charge in [0.2, 0.25) is 15.9 Å². The zero-order valence-electron chi connectivity index (χ0n) is 15.6. The number of carbonyl (C=O) groups excluding carboxylic acids is 1. The van der Waals surface area contributed by atoms with Gasteiger partial charge in [-0.1, -0.05) is 18.2 Å². The fourth-order valence-electron chi connectivity index (χ4n) is 2.78. The lowest BCUT2D eigenvalue weighted by Gasteiger charge is -2.28. The minimum absolute atomic E-state index is 0.399. The maximum atomic E-state index is 12.8. The topological polar surface area (TPSA) is 75.7 Å². The lowest BCUT2D eigenvalue weighted by atomic mass is 10.1. The fourth-order valence-corrected chi connectivity index (χ4v) is 3.95. The molecule has 0 aliphatic rings. The Balaban J connectivity index is 2.34. The lowest BCUT2D eigenvalue weighted by molar-refractivity contribution is -0.116. The molecule has 0 fully saturated rings. The Labute approximate surface area is 154 Å². The molecule has 0 aliphatic carbocycles. The highest BCUT2D eigenvalue weighted by Crippen LogP contribution is 2.25. The number of hydrogen-bond acceptors (Lipinski definition) is 4. The molecule has 6 nitrogen and oxygen atoms in total. The third-order valence-electron chi connectivity index (χ3n) is 4.14. The van der Waals surface area contributed by atoms with E-state index in [2.05, 4.69) is 5.32 Å². The van der Waals surface area contributed by atoms with E-state index in [4.69, 9.17) is 4.74 Å². The number of ether oxygens (including phenoxy) is 1. The Kier molecular flexibility index (Phi) is 5.92. The minimum Gasteiger partial charge on any atom is -0.497 e. The lowest BCUT2D eigenvalue weighted by Crippen LogP contribution is -2.45. The van der Waals surface area contributed by atoms with Crippen molar-refractivity contribution in [3.63, 3.8) is 0 Å². The molecular weight excluding hydrogens is 352 g/mol. The second kappa shape index (κ2) is 7.78. The first kappa shape index (κ1) is 19.8. The number of benzene rings is 2. The number of sulfonamides is 1. The van der Waals surface area contributed by atoms with E-state index in [0.717, 1.165) is 21.7 Å². The first-order valence-corrected chi connectivity index (χ1v) is 10.0. The maximum Gasteiger partial charge on any atom is 0.248 e. The van der Waals surface area contributed by atoms with Crippen LogP contribution in [0, 0.1) is 13.8 Å². The molecule has 0 saturated carbocycles. The predicted molar refractivity (Wildman–Crippen MR) is 104 cm³/mol. The summed E-state index contributed by atoms with van der Waals surface area (Å²) in [6.07, 6.45) is 1.08. The van der Waals surface area contributed by atoms with Crippen LogP contribution in [0.4, 0.5) is 11.4 Å². The first-order chi connectivity index (χ1) is 12.1. The monoisotopic (exact) mass is 376 g/mol. The van der Waals surface area contributed by atoms with Gasteiger partial charge in [0.25, 0.3) is 0 Å². The van der Waals surface area contributed by atoms with Crippen LogP contribution in [0.2, 0.25) is 0 Å². The van der Waals surface area contributed by atoms with Gasteiger partial charge >= 0.3 is 0 Å². The number of para-hydroxylation sites is 1. The smallest absolute Gasteiger partial charge is 0.248 e. The largest absolute Gasteiger partial charge is 0.497 e. The van der Waals surface area contributed by atoms with E-state index in [-0.39, 0.29) is 0 Å². The summed E-state index contributed by atoms with van der Waals surface area (Å²) in [5.41, 5.74) is 2.94. The molecule has 0 aromatic heterocycles. The van der Waals surface area contributed by atoms with Crippen LogP contribution < -0.4 is 14.4 Å². The van der Waals surface area contributed by atoms with Gasteiger partial charge in [0.15, 0.2) is 0 Å². The summed E-state index contributed by atoms with van der Waals surface area (Å²) in [5, 5.41) is 2.85. The molecular formula is C19H24N2O4S. The summed E-state index contributed by atoms with van der Waals surface area (Å²) >= 11 is 0. The van der Waals surface area contributed by atoms with E-state index in [0.29, 0.717) is 17.1 Å². The standard InChI is InChI=1S/C19H24N2O4S/c1-13-7-6-8-14(2)18(13)20-19(22)15(3)21(26(5,23)24)16-9-11-17(25-4)12-10-16/h6-12,15H,1-5H3,(H,20,22)/t15-/m1/s1. The number of carbonyl (C=O) groups is 1. The minimum atomic E-state index is -3.66. The molecule has 2 aromatic rings. The molecule has 0 spiro atoms. The molecule has 1 amide bonds. The van der Waals surface area contributed by atoms with Crippen molar-refractivity contribution in [2.45, 2.75) is 26.8 Å². The van der Waals surface area contributed by atoms with Gasteiger partial charge < -0.3 is 10.1 Å². The summed E-state index contributed by atoms with van der Waals surface area (Å²) in [6, 6.07) is 11.3. The van der Waals surface area contributed by atoms with Gasteiger partial charge in [-0.2, -0.15) is 0 Å². The molecule has 1 atom stereocenters. The van der Waals surface area contributed by atoms with E-state index in [1.807, 2.05) is 32.0 Å². The molecule has 0 bridgehead atoms. The van der Waals surface area contributed by atoms with E-state index >= 15 is 0 Å². The molecule has 0 saturated heterocycles. The molecule has 0 heterocycles. The molecule has 140 valence electrons. The van der Waals surface area contributed by atoms with Crippen LogP contribution >= 0.6 is 0 Å². The van der Waals surface area contributed by atoms with E-state index in [9.17, 15) is 13.2 Å².